The molecule has 8 atom stereocenters. The minimum absolute atomic E-state index is 0.0692. The van der Waals surface area contributed by atoms with Crippen molar-refractivity contribution in [1.29, 1.82) is 0 Å². The summed E-state index contributed by atoms with van der Waals surface area (Å²) in [6.07, 6.45) is 24.7. The molecule has 1 unspecified atom stereocenters. The molecule has 2 aliphatic rings. The number of fused-ring (bicyclic) bond motifs is 1. The Labute approximate surface area is 401 Å². The molecule has 0 aromatic rings. The molecule has 18 nitrogen and oxygen atoms in total. The van der Waals surface area contributed by atoms with Crippen LogP contribution in [0.25, 0.3) is 0 Å². The summed E-state index contributed by atoms with van der Waals surface area (Å²) in [5.74, 6) is -7.01. The van der Waals surface area contributed by atoms with E-state index in [9.17, 15) is 43.2 Å². The monoisotopic (exact) mass is 947 g/mol. The lowest BCUT2D eigenvalue weighted by Gasteiger charge is -2.33. The number of hydrogen-bond acceptors (Lipinski definition) is 10. The third kappa shape index (κ3) is 20.1. The molecule has 7 N–H and O–H groups in total. The highest BCUT2D eigenvalue weighted by molar-refractivity contribution is 5.98. The molecule has 0 radical (unpaired) electrons. The first-order valence-electron chi connectivity index (χ1n) is 23.4. The molecular formula is C50H74N8O10. The first-order chi connectivity index (χ1) is 32.2. The van der Waals surface area contributed by atoms with Crippen molar-refractivity contribution in [3.8, 4) is 0 Å². The van der Waals surface area contributed by atoms with Crippen molar-refractivity contribution in [2.24, 2.45) is 17.6 Å². The molecule has 0 aromatic carbocycles. The van der Waals surface area contributed by atoms with E-state index in [2.05, 4.69) is 33.5 Å². The quantitative estimate of drug-likeness (QED) is 0.0750. The van der Waals surface area contributed by atoms with Gasteiger partial charge in [0.1, 0.15) is 48.4 Å². The smallest absolute Gasteiger partial charge is 0.329 e. The fraction of sp³-hybridized carbons (Fsp3) is 0.540. The van der Waals surface area contributed by atoms with Crippen LogP contribution in [0.15, 0.2) is 85.1 Å². The average molecular weight is 947 g/mol. The largest absolute Gasteiger partial charge is 0.458 e. The summed E-state index contributed by atoms with van der Waals surface area (Å²) in [4.78, 5) is 125. The van der Waals surface area contributed by atoms with E-state index >= 15 is 0 Å². The molecule has 2 aliphatic heterocycles. The number of rotatable bonds is 16. The second-order valence-electron chi connectivity index (χ2n) is 17.8. The molecule has 2 rings (SSSR count). The lowest BCUT2D eigenvalue weighted by Crippen LogP contribution is -2.61. The second kappa shape index (κ2) is 29.9. The Morgan fingerprint density at radius 1 is 0.676 bits per heavy atom. The van der Waals surface area contributed by atoms with Crippen LogP contribution in [-0.2, 0) is 47.9 Å². The maximum absolute atomic E-state index is 14.2. The Balaban J connectivity index is 2.55. The number of nitrogens with zero attached hydrogens (tertiary/aromatic N) is 2. The average Bonchev–Trinajstić information content (AvgIpc) is 3.76. The topological polar surface area (TPSA) is 256 Å². The number of carbonyl (C=O) groups excluding carboxylic acids is 9. The van der Waals surface area contributed by atoms with Gasteiger partial charge in [-0.3, -0.25) is 38.4 Å². The summed E-state index contributed by atoms with van der Waals surface area (Å²) in [6, 6.07) is -8.80. The molecule has 0 bridgehead atoms. The van der Waals surface area contributed by atoms with Crippen LogP contribution in [0.5, 0.6) is 0 Å². The van der Waals surface area contributed by atoms with E-state index in [1.54, 1.807) is 24.3 Å². The fourth-order valence-electron chi connectivity index (χ4n) is 7.32. The Hall–Kier alpha value is -6.59. The number of primary amides is 1. The number of amides is 8. The minimum Gasteiger partial charge on any atom is -0.458 e. The summed E-state index contributed by atoms with van der Waals surface area (Å²) in [5, 5.41) is 13.2. The molecule has 2 fully saturated rings. The molecule has 8 amide bonds. The van der Waals surface area contributed by atoms with E-state index in [1.165, 1.54) is 44.9 Å². The normalized spacial score (nSPS) is 25.9. The number of cyclic esters (lactones) is 1. The Morgan fingerprint density at radius 3 is 1.69 bits per heavy atom. The molecule has 2 saturated heterocycles. The van der Waals surface area contributed by atoms with Crippen LogP contribution in [-0.4, -0.2) is 125 Å². The van der Waals surface area contributed by atoms with Gasteiger partial charge >= 0.3 is 5.97 Å². The van der Waals surface area contributed by atoms with Crippen LogP contribution in [0.1, 0.15) is 100 Å². The Bertz CT molecular complexity index is 1990. The molecule has 0 aliphatic carbocycles. The van der Waals surface area contributed by atoms with E-state index in [1.807, 2.05) is 76.3 Å². The maximum Gasteiger partial charge on any atom is 0.329 e. The van der Waals surface area contributed by atoms with Crippen LogP contribution >= 0.6 is 0 Å². The van der Waals surface area contributed by atoms with Crippen molar-refractivity contribution >= 4 is 53.2 Å². The van der Waals surface area contributed by atoms with E-state index in [0.717, 1.165) is 11.3 Å². The highest BCUT2D eigenvalue weighted by atomic mass is 16.5. The number of likely N-dealkylation sites (N-methyl/N-ethyl adjacent to an activating group) is 1. The minimum atomic E-state index is -1.57. The van der Waals surface area contributed by atoms with Crippen LogP contribution in [0.4, 0.5) is 0 Å². The number of ether oxygens (including phenoxy) is 1. The zero-order chi connectivity index (χ0) is 50.9. The van der Waals surface area contributed by atoms with Crippen molar-refractivity contribution in [2.45, 2.75) is 149 Å². The van der Waals surface area contributed by atoms with Gasteiger partial charge in [0.05, 0.1) is 0 Å². The zero-order valence-electron chi connectivity index (χ0n) is 41.1. The van der Waals surface area contributed by atoms with Gasteiger partial charge in [-0.2, -0.15) is 0 Å². The molecule has 0 saturated carbocycles. The van der Waals surface area contributed by atoms with Crippen LogP contribution in [0.3, 0.4) is 0 Å². The van der Waals surface area contributed by atoms with E-state index in [4.69, 9.17) is 10.5 Å². The lowest BCUT2D eigenvalue weighted by atomic mass is 9.99. The van der Waals surface area contributed by atoms with Crippen molar-refractivity contribution in [2.75, 3.05) is 13.6 Å². The number of hydrogen-bond donors (Lipinski definition) is 6. The van der Waals surface area contributed by atoms with Gasteiger partial charge in [-0.25, -0.2) is 4.79 Å². The zero-order valence-corrected chi connectivity index (χ0v) is 41.1. The van der Waals surface area contributed by atoms with Crippen molar-refractivity contribution in [3.63, 3.8) is 0 Å². The molecule has 2 heterocycles. The van der Waals surface area contributed by atoms with E-state index in [-0.39, 0.29) is 50.5 Å². The van der Waals surface area contributed by atoms with Gasteiger partial charge in [0.15, 0.2) is 0 Å². The van der Waals surface area contributed by atoms with Gasteiger partial charge < -0.3 is 46.9 Å². The molecule has 374 valence electrons. The predicted molar refractivity (Wildman–Crippen MR) is 259 cm³/mol. The number of allylic oxidation sites excluding steroid dienone is 13. The SMILES string of the molecule is CC/C=C/C=C/C=C/C=C/C=C/C=C/C=C/C(=O)N(C)[C@@H]1C(=O)N[C@H](C)C(=O)NC(CC(C)C)C(=O)N[C@@H](CC(C)C)C(=O)N2CCC[C@H]2C(=O)N[C@@H](C)C(=O)N[C@@H](CCC(N)=O)C(=O)O[C@@H]1C. The molecular weight excluding hydrogens is 873 g/mol. The summed E-state index contributed by atoms with van der Waals surface area (Å²) < 4.78 is 5.73. The molecule has 0 spiro atoms. The number of nitrogens with two attached hydrogens (primary N) is 1. The fourth-order valence-corrected chi connectivity index (χ4v) is 7.32. The maximum atomic E-state index is 14.2. The summed E-state index contributed by atoms with van der Waals surface area (Å²) in [5.41, 5.74) is 5.39. The predicted octanol–water partition coefficient (Wildman–Crippen LogP) is 2.87. The van der Waals surface area contributed by atoms with Gasteiger partial charge in [-0.15, -0.1) is 0 Å². The standard InChI is InChI=1S/C50H74N8O10/c1-10-11-12-13-14-15-16-17-18-19-20-21-22-23-26-42(60)57(9)43-36(8)68-50(67)37(27-28-41(51)59)54-44(61)34(6)52-47(64)40-25-24-29-58(40)49(66)39(31-33(4)5)56-46(63)38(30-32(2)3)55-45(62)35(7)53-48(43)65/h11-23,26,32-40,43H,10,24-25,27-31H2,1-9H3,(H2,51,59)(H,52,64)(H,53,65)(H,54,61)(H,55,62)(H,56,63)/b12-11+,14-13+,16-15+,18-17+,20-19+,22-21+,26-23+/t34-,35+,36+,37-,38?,39-,40-,43-/m0/s1. The van der Waals surface area contributed by atoms with E-state index < -0.39 is 102 Å². The van der Waals surface area contributed by atoms with Gasteiger partial charge in [-0.05, 0) is 71.1 Å². The first kappa shape index (κ1) is 57.5. The van der Waals surface area contributed by atoms with Crippen molar-refractivity contribution in [1.82, 2.24) is 36.4 Å². The first-order valence-corrected chi connectivity index (χ1v) is 23.4. The molecule has 68 heavy (non-hydrogen) atoms. The van der Waals surface area contributed by atoms with Gasteiger partial charge in [-0.1, -0.05) is 114 Å². The van der Waals surface area contributed by atoms with Crippen LogP contribution in [0, 0.1) is 11.8 Å². The van der Waals surface area contributed by atoms with Crippen molar-refractivity contribution < 1.29 is 47.9 Å². The Morgan fingerprint density at radius 2 is 1.16 bits per heavy atom. The van der Waals surface area contributed by atoms with Gasteiger partial charge in [0, 0.05) is 26.1 Å². The Kier molecular flexibility index (Phi) is 25.3. The molecule has 0 aromatic heterocycles. The molecule has 18 heteroatoms. The van der Waals surface area contributed by atoms with Gasteiger partial charge in [0.25, 0.3) is 0 Å². The lowest BCUT2D eigenvalue weighted by molar-refractivity contribution is -0.160. The summed E-state index contributed by atoms with van der Waals surface area (Å²) >= 11 is 0. The third-order valence-corrected chi connectivity index (χ3v) is 10.9. The highest BCUT2D eigenvalue weighted by Gasteiger charge is 2.41. The summed E-state index contributed by atoms with van der Waals surface area (Å²) in [6.45, 7) is 13.8. The third-order valence-electron chi connectivity index (χ3n) is 10.9. The van der Waals surface area contributed by atoms with Crippen LogP contribution < -0.4 is 32.3 Å². The number of nitrogens with one attached hydrogen (secondary N) is 5. The number of carbonyl (C=O) groups is 9. The number of esters is 1. The van der Waals surface area contributed by atoms with Crippen molar-refractivity contribution in [3.05, 3.63) is 85.1 Å². The van der Waals surface area contributed by atoms with E-state index in [0.29, 0.717) is 6.42 Å². The van der Waals surface area contributed by atoms with Crippen LogP contribution in [0.2, 0.25) is 0 Å². The van der Waals surface area contributed by atoms with Gasteiger partial charge in [0.2, 0.25) is 47.3 Å². The second-order valence-corrected chi connectivity index (χ2v) is 17.8. The highest BCUT2D eigenvalue weighted by Crippen LogP contribution is 2.21. The summed E-state index contributed by atoms with van der Waals surface area (Å²) in [7, 11) is 1.30.